The lowest BCUT2D eigenvalue weighted by molar-refractivity contribution is 0.782. The molecule has 0 aliphatic rings. The maximum Gasteiger partial charge on any atom is 0.231 e. The highest BCUT2D eigenvalue weighted by Crippen LogP contribution is 2.27. The molecule has 0 radical (unpaired) electrons. The third kappa shape index (κ3) is 3.80. The number of anilines is 2. The number of hydrogen-bond donors (Lipinski definition) is 1. The van der Waals surface area contributed by atoms with Gasteiger partial charge in [0.2, 0.25) is 17.1 Å². The van der Waals surface area contributed by atoms with Crippen molar-refractivity contribution in [3.05, 3.63) is 11.6 Å². The molecule has 2 heterocycles. The zero-order valence-corrected chi connectivity index (χ0v) is 13.5. The Labute approximate surface area is 127 Å². The van der Waals surface area contributed by atoms with Crippen LogP contribution in [0.3, 0.4) is 0 Å². The molecule has 0 atom stereocenters. The average Bonchev–Trinajstić information content (AvgIpc) is 2.93. The first-order valence-electron chi connectivity index (χ1n) is 6.59. The van der Waals surface area contributed by atoms with E-state index in [0.717, 1.165) is 24.0 Å². The molecule has 2 rings (SSSR count). The molecule has 2 aromatic rings. The second-order valence-corrected chi connectivity index (χ2v) is 5.95. The first-order valence-corrected chi connectivity index (χ1v) is 8.28. The fraction of sp³-hybridized carbons (Fsp3) is 0.500. The van der Waals surface area contributed by atoms with Crippen LogP contribution in [0, 0.1) is 0 Å². The minimum atomic E-state index is 0.614. The summed E-state index contributed by atoms with van der Waals surface area (Å²) in [7, 11) is 0. The first kappa shape index (κ1) is 15.0. The fourth-order valence-electron chi connectivity index (χ4n) is 1.62. The van der Waals surface area contributed by atoms with E-state index in [1.807, 2.05) is 12.3 Å². The summed E-state index contributed by atoms with van der Waals surface area (Å²) >= 11 is 3.05. The predicted octanol–water partition coefficient (Wildman–Crippen LogP) is 2.76. The van der Waals surface area contributed by atoms with Crippen LogP contribution < -0.4 is 10.2 Å². The summed E-state index contributed by atoms with van der Waals surface area (Å²) in [6.45, 7) is 8.72. The standard InChI is InChI=1S/C12H18N6S2/c1-4-13-9-15-10(18(5-2)6-3)17-11(16-9)20-12-14-7-8-19-12/h7-8H,4-6H2,1-3H3,(H,13,15,16,17). The second-order valence-electron chi connectivity index (χ2n) is 3.84. The SMILES string of the molecule is CCNc1nc(Sc2nccs2)nc(N(CC)CC)n1. The Morgan fingerprint density at radius 1 is 1.20 bits per heavy atom. The largest absolute Gasteiger partial charge is 0.354 e. The van der Waals surface area contributed by atoms with Gasteiger partial charge in [-0.15, -0.1) is 11.3 Å². The van der Waals surface area contributed by atoms with Crippen LogP contribution in [0.25, 0.3) is 0 Å². The van der Waals surface area contributed by atoms with Gasteiger partial charge in [-0.2, -0.15) is 15.0 Å². The number of hydrogen-bond acceptors (Lipinski definition) is 8. The lowest BCUT2D eigenvalue weighted by Crippen LogP contribution is -2.25. The fourth-order valence-corrected chi connectivity index (χ4v) is 3.09. The van der Waals surface area contributed by atoms with Gasteiger partial charge in [-0.3, -0.25) is 0 Å². The van der Waals surface area contributed by atoms with Crippen LogP contribution in [-0.4, -0.2) is 39.6 Å². The summed E-state index contributed by atoms with van der Waals surface area (Å²) in [5, 5.41) is 5.77. The molecule has 0 aliphatic heterocycles. The summed E-state index contributed by atoms with van der Waals surface area (Å²) in [5.74, 6) is 1.32. The van der Waals surface area contributed by atoms with Gasteiger partial charge in [0.25, 0.3) is 0 Å². The van der Waals surface area contributed by atoms with Gasteiger partial charge >= 0.3 is 0 Å². The van der Waals surface area contributed by atoms with Crippen LogP contribution in [0.2, 0.25) is 0 Å². The smallest absolute Gasteiger partial charge is 0.231 e. The van der Waals surface area contributed by atoms with Crippen molar-refractivity contribution in [2.24, 2.45) is 0 Å². The Hall–Kier alpha value is -1.41. The van der Waals surface area contributed by atoms with E-state index in [-0.39, 0.29) is 0 Å². The minimum Gasteiger partial charge on any atom is -0.354 e. The highest BCUT2D eigenvalue weighted by molar-refractivity contribution is 8.00. The predicted molar refractivity (Wildman–Crippen MR) is 83.8 cm³/mol. The monoisotopic (exact) mass is 310 g/mol. The molecule has 2 aromatic heterocycles. The van der Waals surface area contributed by atoms with E-state index in [4.69, 9.17) is 0 Å². The van der Waals surface area contributed by atoms with Crippen molar-refractivity contribution in [3.8, 4) is 0 Å². The van der Waals surface area contributed by atoms with Crippen LogP contribution in [0.5, 0.6) is 0 Å². The quantitative estimate of drug-likeness (QED) is 0.843. The average molecular weight is 310 g/mol. The highest BCUT2D eigenvalue weighted by Gasteiger charge is 2.12. The Balaban J connectivity index is 2.29. The Bertz CT molecular complexity index is 527. The summed E-state index contributed by atoms with van der Waals surface area (Å²) in [6, 6.07) is 0. The van der Waals surface area contributed by atoms with Gasteiger partial charge in [-0.05, 0) is 32.5 Å². The number of nitrogens with zero attached hydrogens (tertiary/aromatic N) is 5. The van der Waals surface area contributed by atoms with E-state index in [9.17, 15) is 0 Å². The summed E-state index contributed by atoms with van der Waals surface area (Å²) in [5.41, 5.74) is 0. The molecule has 0 aromatic carbocycles. The minimum absolute atomic E-state index is 0.614. The molecule has 108 valence electrons. The molecule has 0 aliphatic carbocycles. The van der Waals surface area contributed by atoms with E-state index in [1.165, 1.54) is 11.8 Å². The summed E-state index contributed by atoms with van der Waals surface area (Å²) in [4.78, 5) is 19.8. The number of rotatable bonds is 7. The maximum absolute atomic E-state index is 4.53. The third-order valence-corrected chi connectivity index (χ3v) is 4.32. The van der Waals surface area contributed by atoms with Gasteiger partial charge < -0.3 is 10.2 Å². The first-order chi connectivity index (χ1) is 9.76. The molecular formula is C12H18N6S2. The lowest BCUT2D eigenvalue weighted by Gasteiger charge is -2.19. The summed E-state index contributed by atoms with van der Waals surface area (Å²) < 4.78 is 0.934. The molecule has 0 saturated carbocycles. The third-order valence-electron chi connectivity index (χ3n) is 2.57. The molecule has 0 saturated heterocycles. The van der Waals surface area contributed by atoms with Gasteiger partial charge in [-0.1, -0.05) is 0 Å². The van der Waals surface area contributed by atoms with Crippen molar-refractivity contribution in [2.75, 3.05) is 29.9 Å². The van der Waals surface area contributed by atoms with E-state index in [1.54, 1.807) is 17.5 Å². The molecule has 8 heteroatoms. The Kier molecular flexibility index (Phi) is 5.54. The zero-order valence-electron chi connectivity index (χ0n) is 11.8. The van der Waals surface area contributed by atoms with Crippen molar-refractivity contribution < 1.29 is 0 Å². The van der Waals surface area contributed by atoms with Crippen molar-refractivity contribution in [3.63, 3.8) is 0 Å². The van der Waals surface area contributed by atoms with Crippen LogP contribution >= 0.6 is 23.1 Å². The summed E-state index contributed by atoms with van der Waals surface area (Å²) in [6.07, 6.45) is 1.78. The van der Waals surface area contributed by atoms with E-state index >= 15 is 0 Å². The number of thiazole rings is 1. The van der Waals surface area contributed by atoms with Gasteiger partial charge in [-0.25, -0.2) is 4.98 Å². The van der Waals surface area contributed by atoms with Crippen LogP contribution in [0.1, 0.15) is 20.8 Å². The molecular weight excluding hydrogens is 292 g/mol. The topological polar surface area (TPSA) is 66.8 Å². The van der Waals surface area contributed by atoms with Crippen molar-refractivity contribution in [1.29, 1.82) is 0 Å². The Morgan fingerprint density at radius 2 is 2.00 bits per heavy atom. The van der Waals surface area contributed by atoms with Gasteiger partial charge in [0.05, 0.1) is 0 Å². The molecule has 0 amide bonds. The van der Waals surface area contributed by atoms with Crippen molar-refractivity contribution >= 4 is 35.0 Å². The van der Waals surface area contributed by atoms with Gasteiger partial charge in [0.15, 0.2) is 4.34 Å². The second kappa shape index (κ2) is 7.39. The molecule has 0 fully saturated rings. The van der Waals surface area contributed by atoms with Gasteiger partial charge in [0.1, 0.15) is 0 Å². The van der Waals surface area contributed by atoms with Crippen molar-refractivity contribution in [1.82, 2.24) is 19.9 Å². The van der Waals surface area contributed by atoms with Crippen molar-refractivity contribution in [2.45, 2.75) is 30.3 Å². The van der Waals surface area contributed by atoms with E-state index in [2.05, 4.69) is 44.0 Å². The van der Waals surface area contributed by atoms with Crippen LogP contribution in [0.4, 0.5) is 11.9 Å². The lowest BCUT2D eigenvalue weighted by atomic mass is 10.5. The van der Waals surface area contributed by atoms with E-state index in [0.29, 0.717) is 17.1 Å². The molecule has 6 nitrogen and oxygen atoms in total. The Morgan fingerprint density at radius 3 is 2.60 bits per heavy atom. The molecule has 0 unspecified atom stereocenters. The number of nitrogens with one attached hydrogen (secondary N) is 1. The maximum atomic E-state index is 4.53. The highest BCUT2D eigenvalue weighted by atomic mass is 32.2. The van der Waals surface area contributed by atoms with Crippen LogP contribution in [0.15, 0.2) is 21.1 Å². The molecule has 1 N–H and O–H groups in total. The normalized spacial score (nSPS) is 10.6. The molecule has 0 bridgehead atoms. The number of aromatic nitrogens is 4. The zero-order chi connectivity index (χ0) is 14.4. The molecule has 0 spiro atoms. The van der Waals surface area contributed by atoms with Crippen LogP contribution in [-0.2, 0) is 0 Å². The molecule has 20 heavy (non-hydrogen) atoms. The van der Waals surface area contributed by atoms with E-state index < -0.39 is 0 Å². The van der Waals surface area contributed by atoms with Gasteiger partial charge in [0, 0.05) is 31.2 Å².